The maximum atomic E-state index is 13.1. The molecule has 0 aliphatic carbocycles. The van der Waals surface area contributed by atoms with Crippen molar-refractivity contribution in [2.24, 2.45) is 0 Å². The Morgan fingerprint density at radius 3 is 2.04 bits per heavy atom. The Kier molecular flexibility index (Phi) is 4.59. The lowest BCUT2D eigenvalue weighted by atomic mass is 10.0. The Morgan fingerprint density at radius 1 is 1.00 bits per heavy atom. The third-order valence-corrected chi connectivity index (χ3v) is 5.75. The van der Waals surface area contributed by atoms with Gasteiger partial charge in [0.15, 0.2) is 9.84 Å². The number of carbonyl (C=O) groups is 1. The maximum absolute atomic E-state index is 13.1. The first-order chi connectivity index (χ1) is 11.9. The van der Waals surface area contributed by atoms with Crippen LogP contribution in [0.15, 0.2) is 71.6 Å². The van der Waals surface area contributed by atoms with Gasteiger partial charge < -0.3 is 4.74 Å². The average molecular weight is 354 g/mol. The number of fused-ring (bicyclic) bond motifs is 2. The zero-order valence-corrected chi connectivity index (χ0v) is 14.7. The lowest BCUT2D eigenvalue weighted by Crippen LogP contribution is -2.17. The molecule has 0 spiro atoms. The van der Waals surface area contributed by atoms with Crippen LogP contribution in [0.5, 0.6) is 0 Å². The number of hydrogen-bond donors (Lipinski definition) is 0. The van der Waals surface area contributed by atoms with E-state index < -0.39 is 21.6 Å². The second-order valence-corrected chi connectivity index (χ2v) is 7.66. The van der Waals surface area contributed by atoms with E-state index in [1.807, 2.05) is 30.3 Å². The molecular weight excluding hydrogens is 336 g/mol. The van der Waals surface area contributed by atoms with Crippen LogP contribution in [0.1, 0.15) is 6.92 Å². The third-order valence-electron chi connectivity index (χ3n) is 3.96. The van der Waals surface area contributed by atoms with Gasteiger partial charge >= 0.3 is 5.97 Å². The molecule has 0 saturated carbocycles. The first-order valence-corrected chi connectivity index (χ1v) is 9.57. The summed E-state index contributed by atoms with van der Waals surface area (Å²) in [7, 11) is -3.78. The highest BCUT2D eigenvalue weighted by molar-refractivity contribution is 7.92. The van der Waals surface area contributed by atoms with Gasteiger partial charge in [-0.3, -0.25) is 0 Å². The summed E-state index contributed by atoms with van der Waals surface area (Å²) in [6.45, 7) is 5.43. The summed E-state index contributed by atoms with van der Waals surface area (Å²) in [4.78, 5) is 12.0. The van der Waals surface area contributed by atoms with Crippen molar-refractivity contribution in [3.05, 3.63) is 66.7 Å². The molecule has 0 atom stereocenters. The van der Waals surface area contributed by atoms with Crippen LogP contribution < -0.4 is 0 Å². The molecule has 0 N–H and O–H groups in total. The molecule has 0 bridgehead atoms. The van der Waals surface area contributed by atoms with Crippen LogP contribution in [0, 0.1) is 0 Å². The van der Waals surface area contributed by atoms with E-state index in [4.69, 9.17) is 4.74 Å². The van der Waals surface area contributed by atoms with Crippen LogP contribution in [0.4, 0.5) is 0 Å². The molecule has 25 heavy (non-hydrogen) atoms. The van der Waals surface area contributed by atoms with Gasteiger partial charge in [0.05, 0.1) is 17.3 Å². The quantitative estimate of drug-likeness (QED) is 0.396. The van der Waals surface area contributed by atoms with Crippen LogP contribution in [-0.2, 0) is 19.4 Å². The largest absolute Gasteiger partial charge is 0.463 e. The van der Waals surface area contributed by atoms with Crippen molar-refractivity contribution in [3.8, 4) is 0 Å². The molecule has 0 saturated heterocycles. The Balaban J connectivity index is 2.21. The van der Waals surface area contributed by atoms with Crippen molar-refractivity contribution >= 4 is 37.4 Å². The summed E-state index contributed by atoms with van der Waals surface area (Å²) in [5.41, 5.74) is -0.0705. The van der Waals surface area contributed by atoms with Crippen molar-refractivity contribution in [2.45, 2.75) is 11.8 Å². The van der Waals surface area contributed by atoms with E-state index in [1.165, 1.54) is 0 Å². The Hall–Kier alpha value is -2.66. The fourth-order valence-electron chi connectivity index (χ4n) is 2.90. The van der Waals surface area contributed by atoms with Gasteiger partial charge in [-0.25, -0.2) is 13.2 Å². The van der Waals surface area contributed by atoms with Gasteiger partial charge in [-0.1, -0.05) is 55.1 Å². The second-order valence-electron chi connectivity index (χ2n) is 5.73. The topological polar surface area (TPSA) is 60.4 Å². The molecule has 0 fully saturated rings. The average Bonchev–Trinajstić information content (AvgIpc) is 2.59. The van der Waals surface area contributed by atoms with Crippen LogP contribution >= 0.6 is 0 Å². The summed E-state index contributed by atoms with van der Waals surface area (Å²) < 4.78 is 31.1. The van der Waals surface area contributed by atoms with Gasteiger partial charge in [0.2, 0.25) is 0 Å². The Labute approximate surface area is 146 Å². The van der Waals surface area contributed by atoms with Crippen LogP contribution in [0.3, 0.4) is 0 Å². The number of esters is 1. The van der Waals surface area contributed by atoms with Crippen molar-refractivity contribution in [1.29, 1.82) is 0 Å². The van der Waals surface area contributed by atoms with Gasteiger partial charge in [-0.2, -0.15) is 0 Å². The van der Waals surface area contributed by atoms with Crippen molar-refractivity contribution in [3.63, 3.8) is 0 Å². The van der Waals surface area contributed by atoms with Crippen molar-refractivity contribution < 1.29 is 17.9 Å². The van der Waals surface area contributed by atoms with E-state index in [-0.39, 0.29) is 17.1 Å². The zero-order valence-electron chi connectivity index (χ0n) is 13.9. The maximum Gasteiger partial charge on any atom is 0.334 e. The predicted octanol–water partition coefficient (Wildman–Crippen LogP) is 3.89. The highest BCUT2D eigenvalue weighted by Gasteiger charge is 2.24. The van der Waals surface area contributed by atoms with E-state index in [0.29, 0.717) is 10.8 Å². The van der Waals surface area contributed by atoms with Crippen LogP contribution in [0.25, 0.3) is 21.5 Å². The number of rotatable bonds is 5. The fourth-order valence-corrected chi connectivity index (χ4v) is 4.66. The molecule has 0 radical (unpaired) electrons. The minimum absolute atomic E-state index is 0.0705. The highest BCUT2D eigenvalue weighted by atomic mass is 32.2. The monoisotopic (exact) mass is 354 g/mol. The van der Waals surface area contributed by atoms with E-state index >= 15 is 0 Å². The van der Waals surface area contributed by atoms with E-state index in [9.17, 15) is 13.2 Å². The second kappa shape index (κ2) is 6.69. The molecule has 4 nitrogen and oxygen atoms in total. The summed E-state index contributed by atoms with van der Waals surface area (Å²) in [6, 6.07) is 16.6. The van der Waals surface area contributed by atoms with E-state index in [2.05, 4.69) is 6.58 Å². The van der Waals surface area contributed by atoms with Gasteiger partial charge in [0.1, 0.15) is 0 Å². The molecular formula is C20H18O4S. The zero-order chi connectivity index (χ0) is 18.0. The predicted molar refractivity (Wildman–Crippen MR) is 99.3 cm³/mol. The summed E-state index contributed by atoms with van der Waals surface area (Å²) in [5, 5.41) is 2.94. The molecule has 0 aliphatic heterocycles. The fraction of sp³-hybridized carbons (Fsp3) is 0.150. The Bertz CT molecular complexity index is 1030. The van der Waals surface area contributed by atoms with Gasteiger partial charge in [0, 0.05) is 16.3 Å². The minimum atomic E-state index is -3.78. The first kappa shape index (κ1) is 17.2. The van der Waals surface area contributed by atoms with Crippen LogP contribution in [0.2, 0.25) is 0 Å². The summed E-state index contributed by atoms with van der Waals surface area (Å²) in [5.74, 6) is -1.15. The van der Waals surface area contributed by atoms with E-state index in [0.717, 1.165) is 10.8 Å². The summed E-state index contributed by atoms with van der Waals surface area (Å²) >= 11 is 0. The molecule has 0 aliphatic rings. The lowest BCUT2D eigenvalue weighted by molar-refractivity contribution is -0.138. The number of sulfone groups is 1. The molecule has 3 aromatic rings. The molecule has 3 rings (SSSR count). The molecule has 3 aromatic carbocycles. The number of carbonyl (C=O) groups excluding carboxylic acids is 1. The number of ether oxygens (including phenoxy) is 1. The molecule has 0 heterocycles. The van der Waals surface area contributed by atoms with Crippen molar-refractivity contribution in [2.75, 3.05) is 12.4 Å². The third kappa shape index (κ3) is 3.28. The number of hydrogen-bond acceptors (Lipinski definition) is 4. The van der Waals surface area contributed by atoms with Crippen molar-refractivity contribution in [1.82, 2.24) is 0 Å². The highest BCUT2D eigenvalue weighted by Crippen LogP contribution is 2.33. The SMILES string of the molecule is C=C(CS(=O)(=O)c1c2ccccc2cc2ccccc12)C(=O)OCC. The molecule has 0 amide bonds. The van der Waals surface area contributed by atoms with Gasteiger partial charge in [0.25, 0.3) is 0 Å². The van der Waals surface area contributed by atoms with Gasteiger partial charge in [-0.15, -0.1) is 0 Å². The first-order valence-electron chi connectivity index (χ1n) is 7.92. The molecule has 5 heteroatoms. The lowest BCUT2D eigenvalue weighted by Gasteiger charge is -2.13. The van der Waals surface area contributed by atoms with Crippen LogP contribution in [-0.4, -0.2) is 26.7 Å². The molecule has 0 aromatic heterocycles. The minimum Gasteiger partial charge on any atom is -0.463 e. The van der Waals surface area contributed by atoms with E-state index in [1.54, 1.807) is 31.2 Å². The van der Waals surface area contributed by atoms with Gasteiger partial charge in [-0.05, 0) is 23.8 Å². The summed E-state index contributed by atoms with van der Waals surface area (Å²) in [6.07, 6.45) is 0. The smallest absolute Gasteiger partial charge is 0.334 e. The molecule has 128 valence electrons. The standard InChI is InChI=1S/C20H18O4S/c1-3-24-20(21)14(2)13-25(22,23)19-17-10-6-4-8-15(17)12-16-9-5-7-11-18(16)19/h4-12H,2-3,13H2,1H3. The molecule has 0 unspecified atom stereocenters. The number of benzene rings is 3. The Morgan fingerprint density at radius 2 is 1.52 bits per heavy atom. The normalized spacial score (nSPS) is 11.6.